The molecule has 1 N–H and O–H groups in total. The monoisotopic (exact) mass is 495 g/mol. The normalized spacial score (nSPS) is 16.0. The summed E-state index contributed by atoms with van der Waals surface area (Å²) in [6.07, 6.45) is -0.972. The maximum Gasteiger partial charge on any atom is 0.416 e. The van der Waals surface area contributed by atoms with Gasteiger partial charge in [0.25, 0.3) is 5.91 Å². The molecule has 174 valence electrons. The Labute approximate surface area is 193 Å². The SMILES string of the molecule is CC1Cc2cc(C(=O)Nc3ncc(Cc4cccc(C(F)(F)F)c4)s3)ccc2N1S(C)(=O)=O. The van der Waals surface area contributed by atoms with Gasteiger partial charge in [-0.3, -0.25) is 14.4 Å². The van der Waals surface area contributed by atoms with E-state index in [0.717, 1.165) is 24.0 Å². The van der Waals surface area contributed by atoms with Gasteiger partial charge in [0.1, 0.15) is 0 Å². The van der Waals surface area contributed by atoms with E-state index in [0.29, 0.717) is 33.2 Å². The number of sulfonamides is 1. The molecule has 0 fully saturated rings. The molecule has 33 heavy (non-hydrogen) atoms. The number of hydrogen-bond donors (Lipinski definition) is 1. The molecule has 3 aromatic rings. The van der Waals surface area contributed by atoms with E-state index < -0.39 is 27.7 Å². The molecule has 1 aliphatic heterocycles. The minimum Gasteiger partial charge on any atom is -0.298 e. The number of rotatable bonds is 5. The molecule has 0 radical (unpaired) electrons. The summed E-state index contributed by atoms with van der Waals surface area (Å²) in [7, 11) is -3.42. The summed E-state index contributed by atoms with van der Waals surface area (Å²) in [5.74, 6) is -0.400. The van der Waals surface area contributed by atoms with E-state index >= 15 is 0 Å². The zero-order valence-electron chi connectivity index (χ0n) is 17.7. The van der Waals surface area contributed by atoms with Gasteiger partial charge in [0, 0.05) is 29.1 Å². The third-order valence-electron chi connectivity index (χ3n) is 5.26. The summed E-state index contributed by atoms with van der Waals surface area (Å²) in [5, 5.41) is 3.03. The number of alkyl halides is 3. The smallest absolute Gasteiger partial charge is 0.298 e. The summed E-state index contributed by atoms with van der Waals surface area (Å²) in [4.78, 5) is 17.6. The summed E-state index contributed by atoms with van der Waals surface area (Å²) >= 11 is 1.18. The number of fused-ring (bicyclic) bond motifs is 1. The van der Waals surface area contributed by atoms with Crippen molar-refractivity contribution in [3.63, 3.8) is 0 Å². The van der Waals surface area contributed by atoms with Crippen molar-refractivity contribution < 1.29 is 26.4 Å². The molecule has 2 heterocycles. The van der Waals surface area contributed by atoms with Crippen LogP contribution in [0.25, 0.3) is 0 Å². The minimum atomic E-state index is -4.41. The molecule has 0 aliphatic carbocycles. The van der Waals surface area contributed by atoms with E-state index in [1.165, 1.54) is 27.9 Å². The van der Waals surface area contributed by atoms with Crippen LogP contribution in [0.5, 0.6) is 0 Å². The first-order valence-corrected chi connectivity index (χ1v) is 12.6. The Hall–Kier alpha value is -2.92. The highest BCUT2D eigenvalue weighted by Crippen LogP contribution is 2.35. The van der Waals surface area contributed by atoms with E-state index in [4.69, 9.17) is 0 Å². The highest BCUT2D eigenvalue weighted by atomic mass is 32.2. The molecule has 6 nitrogen and oxygen atoms in total. The summed E-state index contributed by atoms with van der Waals surface area (Å²) in [5.41, 5.74) is 1.49. The second-order valence-electron chi connectivity index (χ2n) is 7.92. The van der Waals surface area contributed by atoms with Crippen LogP contribution in [0.1, 0.15) is 38.8 Å². The largest absolute Gasteiger partial charge is 0.416 e. The van der Waals surface area contributed by atoms with Crippen LogP contribution < -0.4 is 9.62 Å². The van der Waals surface area contributed by atoms with Crippen molar-refractivity contribution in [1.29, 1.82) is 0 Å². The maximum absolute atomic E-state index is 12.9. The van der Waals surface area contributed by atoms with Crippen LogP contribution in [0, 0.1) is 0 Å². The molecule has 1 unspecified atom stereocenters. The van der Waals surface area contributed by atoms with Crippen molar-refractivity contribution in [2.45, 2.75) is 32.0 Å². The lowest BCUT2D eigenvalue weighted by Gasteiger charge is -2.21. The van der Waals surface area contributed by atoms with Crippen LogP contribution in [0.15, 0.2) is 48.7 Å². The van der Waals surface area contributed by atoms with Gasteiger partial charge < -0.3 is 0 Å². The Morgan fingerprint density at radius 3 is 2.70 bits per heavy atom. The summed E-state index contributed by atoms with van der Waals surface area (Å²) < 4.78 is 64.2. The third-order valence-corrected chi connectivity index (χ3v) is 7.44. The van der Waals surface area contributed by atoms with Crippen LogP contribution in [0.2, 0.25) is 0 Å². The number of thiazole rings is 1. The quantitative estimate of drug-likeness (QED) is 0.556. The first kappa shape index (κ1) is 23.2. The van der Waals surface area contributed by atoms with Gasteiger partial charge in [-0.2, -0.15) is 13.2 Å². The van der Waals surface area contributed by atoms with Gasteiger partial charge in [-0.1, -0.05) is 18.2 Å². The summed E-state index contributed by atoms with van der Waals surface area (Å²) in [6, 6.07) is 9.71. The Bertz CT molecular complexity index is 1320. The molecular weight excluding hydrogens is 475 g/mol. The Balaban J connectivity index is 1.46. The van der Waals surface area contributed by atoms with Crippen LogP contribution in [0.3, 0.4) is 0 Å². The average molecular weight is 496 g/mol. The van der Waals surface area contributed by atoms with Gasteiger partial charge >= 0.3 is 6.18 Å². The number of nitrogens with zero attached hydrogens (tertiary/aromatic N) is 2. The Morgan fingerprint density at radius 2 is 2.00 bits per heavy atom. The number of benzene rings is 2. The second kappa shape index (κ2) is 8.45. The lowest BCUT2D eigenvalue weighted by Crippen LogP contribution is -2.34. The third kappa shape index (κ3) is 5.03. The van der Waals surface area contributed by atoms with Crippen molar-refractivity contribution in [2.75, 3.05) is 15.9 Å². The zero-order chi connectivity index (χ0) is 24.0. The Kier molecular flexibility index (Phi) is 5.95. The first-order chi connectivity index (χ1) is 15.4. The van der Waals surface area contributed by atoms with Crippen molar-refractivity contribution in [3.05, 3.63) is 75.8 Å². The number of halogens is 3. The molecule has 4 rings (SSSR count). The fraction of sp³-hybridized carbons (Fsp3) is 0.273. The van der Waals surface area contributed by atoms with Crippen LogP contribution in [-0.2, 0) is 29.0 Å². The number of anilines is 2. The molecule has 0 saturated heterocycles. The predicted octanol–water partition coefficient (Wildman–Crippen LogP) is 4.72. The predicted molar refractivity (Wildman–Crippen MR) is 121 cm³/mol. The lowest BCUT2D eigenvalue weighted by atomic mass is 10.1. The topological polar surface area (TPSA) is 79.4 Å². The molecule has 1 atom stereocenters. The van der Waals surface area contributed by atoms with Crippen LogP contribution in [-0.4, -0.2) is 31.6 Å². The van der Waals surface area contributed by atoms with Gasteiger partial charge in [0.05, 0.1) is 17.5 Å². The number of aromatic nitrogens is 1. The molecule has 2 aromatic carbocycles. The van der Waals surface area contributed by atoms with Gasteiger partial charge in [0.15, 0.2) is 5.13 Å². The van der Waals surface area contributed by atoms with Crippen LogP contribution >= 0.6 is 11.3 Å². The molecular formula is C22H20F3N3O3S2. The van der Waals surface area contributed by atoms with Crippen molar-refractivity contribution in [1.82, 2.24) is 4.98 Å². The molecule has 0 saturated carbocycles. The number of carbonyl (C=O) groups is 1. The maximum atomic E-state index is 12.9. The number of hydrogen-bond acceptors (Lipinski definition) is 5. The highest BCUT2D eigenvalue weighted by Gasteiger charge is 2.33. The van der Waals surface area contributed by atoms with E-state index in [2.05, 4.69) is 10.3 Å². The van der Waals surface area contributed by atoms with E-state index in [-0.39, 0.29) is 12.5 Å². The Morgan fingerprint density at radius 1 is 1.24 bits per heavy atom. The van der Waals surface area contributed by atoms with Crippen molar-refractivity contribution in [2.24, 2.45) is 0 Å². The van der Waals surface area contributed by atoms with Crippen molar-refractivity contribution >= 4 is 38.1 Å². The van der Waals surface area contributed by atoms with Crippen molar-refractivity contribution in [3.8, 4) is 0 Å². The molecule has 0 bridgehead atoms. The molecule has 1 aromatic heterocycles. The fourth-order valence-corrected chi connectivity index (χ4v) is 6.03. The number of carbonyl (C=O) groups excluding carboxylic acids is 1. The van der Waals surface area contributed by atoms with E-state index in [1.54, 1.807) is 24.3 Å². The fourth-order valence-electron chi connectivity index (χ4n) is 3.92. The lowest BCUT2D eigenvalue weighted by molar-refractivity contribution is -0.137. The molecule has 11 heteroatoms. The highest BCUT2D eigenvalue weighted by molar-refractivity contribution is 7.92. The molecule has 1 aliphatic rings. The number of amides is 1. The molecule has 0 spiro atoms. The van der Waals surface area contributed by atoms with Gasteiger partial charge in [-0.05, 0) is 48.7 Å². The standard InChI is InChI=1S/C22H20F3N3O3S2/c1-13-8-16-11-15(6-7-19(16)28(13)33(2,30)31)20(29)27-21-26-12-18(32-21)10-14-4-3-5-17(9-14)22(23,24)25/h3-7,9,11-13H,8,10H2,1-2H3,(H,26,27,29). The first-order valence-electron chi connectivity index (χ1n) is 9.96. The van der Waals surface area contributed by atoms with Gasteiger partial charge in [-0.25, -0.2) is 13.4 Å². The minimum absolute atomic E-state index is 0.231. The number of nitrogens with one attached hydrogen (secondary N) is 1. The average Bonchev–Trinajstić information content (AvgIpc) is 3.29. The van der Waals surface area contributed by atoms with E-state index in [9.17, 15) is 26.4 Å². The second-order valence-corrected chi connectivity index (χ2v) is 10.9. The molecule has 1 amide bonds. The summed E-state index contributed by atoms with van der Waals surface area (Å²) in [6.45, 7) is 1.81. The van der Waals surface area contributed by atoms with Gasteiger partial charge in [0.2, 0.25) is 10.0 Å². The van der Waals surface area contributed by atoms with E-state index in [1.807, 2.05) is 6.92 Å². The van der Waals surface area contributed by atoms with Gasteiger partial charge in [-0.15, -0.1) is 11.3 Å². The zero-order valence-corrected chi connectivity index (χ0v) is 19.3. The van der Waals surface area contributed by atoms with Crippen LogP contribution in [0.4, 0.5) is 24.0 Å².